The fourth-order valence-corrected chi connectivity index (χ4v) is 4.01. The van der Waals surface area contributed by atoms with Crippen molar-refractivity contribution in [1.29, 1.82) is 0 Å². The van der Waals surface area contributed by atoms with Crippen LogP contribution in [0.2, 0.25) is 0 Å². The third kappa shape index (κ3) is 3.63. The third-order valence-electron chi connectivity index (χ3n) is 5.58. The molecule has 0 spiro atoms. The average Bonchev–Trinajstić information content (AvgIpc) is 3.44. The number of rotatable bonds is 4. The van der Waals surface area contributed by atoms with Gasteiger partial charge in [-0.15, -0.1) is 0 Å². The minimum atomic E-state index is -0.166. The van der Waals surface area contributed by atoms with Crippen LogP contribution in [0.1, 0.15) is 35.8 Å². The first-order valence-corrected chi connectivity index (χ1v) is 10.3. The minimum Gasteiger partial charge on any atom is -0.470 e. The number of nitrogens with zero attached hydrogens (tertiary/aromatic N) is 7. The van der Waals surface area contributed by atoms with Gasteiger partial charge in [0, 0.05) is 43.2 Å². The number of imidazole rings is 1. The lowest BCUT2D eigenvalue weighted by atomic mass is 10.00. The van der Waals surface area contributed by atoms with Crippen molar-refractivity contribution >= 4 is 11.6 Å². The SMILES string of the molecule is Cc1cn2ccnc(O[C@@H]3CC[C@@H](C)N(C(=O)c4cccnc4-n4cccn4)C3)c2n1. The Hall–Kier alpha value is -3.75. The van der Waals surface area contributed by atoms with Gasteiger partial charge in [0.25, 0.3) is 11.8 Å². The molecule has 0 saturated carbocycles. The minimum absolute atomic E-state index is 0.0813. The predicted molar refractivity (Wildman–Crippen MR) is 113 cm³/mol. The Morgan fingerprint density at radius 3 is 2.87 bits per heavy atom. The van der Waals surface area contributed by atoms with E-state index in [1.54, 1.807) is 47.7 Å². The number of carbonyl (C=O) groups is 1. The molecule has 1 amide bonds. The van der Waals surface area contributed by atoms with Gasteiger partial charge in [0.1, 0.15) is 6.10 Å². The van der Waals surface area contributed by atoms with Crippen molar-refractivity contribution in [2.24, 2.45) is 0 Å². The molecule has 0 radical (unpaired) electrons. The van der Waals surface area contributed by atoms with Crippen molar-refractivity contribution in [3.8, 4) is 11.7 Å². The van der Waals surface area contributed by atoms with E-state index in [0.29, 0.717) is 29.5 Å². The van der Waals surface area contributed by atoms with E-state index in [-0.39, 0.29) is 18.1 Å². The van der Waals surface area contributed by atoms with Crippen LogP contribution in [-0.4, -0.2) is 58.6 Å². The van der Waals surface area contributed by atoms with Crippen LogP contribution in [0.5, 0.6) is 5.88 Å². The molecule has 0 bridgehead atoms. The quantitative estimate of drug-likeness (QED) is 0.507. The molecular weight excluding hydrogens is 394 g/mol. The van der Waals surface area contributed by atoms with Gasteiger partial charge in [0.2, 0.25) is 5.65 Å². The lowest BCUT2D eigenvalue weighted by molar-refractivity contribution is 0.0375. The van der Waals surface area contributed by atoms with E-state index in [1.165, 1.54) is 0 Å². The molecule has 31 heavy (non-hydrogen) atoms. The summed E-state index contributed by atoms with van der Waals surface area (Å²) in [7, 11) is 0. The monoisotopic (exact) mass is 417 g/mol. The van der Waals surface area contributed by atoms with Crippen LogP contribution in [0.25, 0.3) is 11.5 Å². The molecule has 0 N–H and O–H groups in total. The van der Waals surface area contributed by atoms with Gasteiger partial charge < -0.3 is 14.0 Å². The van der Waals surface area contributed by atoms with Crippen LogP contribution in [0.15, 0.2) is 55.4 Å². The molecule has 1 aliphatic rings. The third-order valence-corrected chi connectivity index (χ3v) is 5.58. The van der Waals surface area contributed by atoms with Gasteiger partial charge >= 0.3 is 0 Å². The highest BCUT2D eigenvalue weighted by Gasteiger charge is 2.32. The first-order valence-electron chi connectivity index (χ1n) is 10.3. The second-order valence-electron chi connectivity index (χ2n) is 7.79. The van der Waals surface area contributed by atoms with Gasteiger partial charge in [-0.1, -0.05) is 0 Å². The molecule has 1 saturated heterocycles. The molecule has 158 valence electrons. The van der Waals surface area contributed by atoms with E-state index in [1.807, 2.05) is 28.6 Å². The van der Waals surface area contributed by atoms with Gasteiger partial charge in [0.05, 0.1) is 17.8 Å². The smallest absolute Gasteiger partial charge is 0.258 e. The maximum absolute atomic E-state index is 13.5. The molecule has 0 aliphatic carbocycles. The Morgan fingerprint density at radius 1 is 1.13 bits per heavy atom. The second-order valence-corrected chi connectivity index (χ2v) is 7.79. The van der Waals surface area contributed by atoms with E-state index >= 15 is 0 Å². The van der Waals surface area contributed by atoms with E-state index in [2.05, 4.69) is 27.0 Å². The molecule has 5 heterocycles. The number of piperidine rings is 1. The number of amides is 1. The van der Waals surface area contributed by atoms with Crippen LogP contribution in [0.3, 0.4) is 0 Å². The van der Waals surface area contributed by atoms with Gasteiger partial charge in [-0.3, -0.25) is 4.79 Å². The fourth-order valence-electron chi connectivity index (χ4n) is 4.01. The Kier molecular flexibility index (Phi) is 4.85. The summed E-state index contributed by atoms with van der Waals surface area (Å²) in [5.74, 6) is 0.926. The normalized spacial score (nSPS) is 19.0. The Bertz CT molecular complexity index is 1220. The van der Waals surface area contributed by atoms with Crippen LogP contribution in [0.4, 0.5) is 0 Å². The summed E-state index contributed by atoms with van der Waals surface area (Å²) in [5.41, 5.74) is 2.10. The molecule has 9 heteroatoms. The molecule has 1 aliphatic heterocycles. The van der Waals surface area contributed by atoms with Crippen molar-refractivity contribution in [1.82, 2.24) is 34.0 Å². The highest BCUT2D eigenvalue weighted by Crippen LogP contribution is 2.26. The molecule has 9 nitrogen and oxygen atoms in total. The van der Waals surface area contributed by atoms with Crippen LogP contribution < -0.4 is 4.74 Å². The van der Waals surface area contributed by atoms with Crippen molar-refractivity contribution < 1.29 is 9.53 Å². The highest BCUT2D eigenvalue weighted by molar-refractivity contribution is 5.97. The van der Waals surface area contributed by atoms with Gasteiger partial charge in [-0.05, 0) is 44.9 Å². The zero-order chi connectivity index (χ0) is 21.4. The zero-order valence-corrected chi connectivity index (χ0v) is 17.4. The van der Waals surface area contributed by atoms with Crippen molar-refractivity contribution in [2.75, 3.05) is 6.54 Å². The maximum Gasteiger partial charge on any atom is 0.258 e. The Morgan fingerprint density at radius 2 is 2.03 bits per heavy atom. The molecule has 0 unspecified atom stereocenters. The Labute approximate surface area is 179 Å². The van der Waals surface area contributed by atoms with Gasteiger partial charge in [-0.25, -0.2) is 19.6 Å². The summed E-state index contributed by atoms with van der Waals surface area (Å²) in [4.78, 5) is 28.6. The van der Waals surface area contributed by atoms with E-state index in [4.69, 9.17) is 4.74 Å². The summed E-state index contributed by atoms with van der Waals surface area (Å²) < 4.78 is 9.74. The van der Waals surface area contributed by atoms with Crippen LogP contribution >= 0.6 is 0 Å². The summed E-state index contributed by atoms with van der Waals surface area (Å²) >= 11 is 0. The molecule has 2 atom stereocenters. The summed E-state index contributed by atoms with van der Waals surface area (Å²) in [6, 6.07) is 5.46. The number of hydrogen-bond donors (Lipinski definition) is 0. The van der Waals surface area contributed by atoms with E-state index in [9.17, 15) is 4.79 Å². The standard InChI is InChI=1S/C22H23N7O2/c1-15-13-27-12-10-24-21(20(27)26-15)31-17-7-6-16(2)28(14-17)22(30)18-5-3-8-23-19(18)29-11-4-9-25-29/h3-5,8-13,16-17H,6-7,14H2,1-2H3/t16-,17-/m1/s1. The molecule has 1 fully saturated rings. The number of aryl methyl sites for hydroxylation is 1. The average molecular weight is 417 g/mol. The summed E-state index contributed by atoms with van der Waals surface area (Å²) in [6.07, 6.45) is 12.1. The molecule has 5 rings (SSSR count). The van der Waals surface area contributed by atoms with Gasteiger partial charge in [-0.2, -0.15) is 5.10 Å². The molecular formula is C22H23N7O2. The lowest BCUT2D eigenvalue weighted by Crippen LogP contribution is -2.49. The number of fused-ring (bicyclic) bond motifs is 1. The maximum atomic E-state index is 13.5. The zero-order valence-electron chi connectivity index (χ0n) is 17.4. The van der Waals surface area contributed by atoms with Crippen molar-refractivity contribution in [3.63, 3.8) is 0 Å². The van der Waals surface area contributed by atoms with E-state index < -0.39 is 0 Å². The number of aromatic nitrogens is 6. The molecule has 4 aromatic heterocycles. The van der Waals surface area contributed by atoms with Crippen molar-refractivity contribution in [3.05, 3.63) is 66.6 Å². The number of hydrogen-bond acceptors (Lipinski definition) is 6. The topological polar surface area (TPSA) is 90.4 Å². The lowest BCUT2D eigenvalue weighted by Gasteiger charge is -2.38. The highest BCUT2D eigenvalue weighted by atomic mass is 16.5. The van der Waals surface area contributed by atoms with Gasteiger partial charge in [0.15, 0.2) is 5.82 Å². The Balaban J connectivity index is 1.40. The summed E-state index contributed by atoms with van der Waals surface area (Å²) in [6.45, 7) is 4.47. The summed E-state index contributed by atoms with van der Waals surface area (Å²) in [5, 5.41) is 4.24. The number of ether oxygens (including phenoxy) is 1. The first-order chi connectivity index (χ1) is 15.1. The van der Waals surface area contributed by atoms with Crippen LogP contribution in [-0.2, 0) is 0 Å². The molecule has 0 aromatic carbocycles. The van der Waals surface area contributed by atoms with E-state index in [0.717, 1.165) is 18.5 Å². The van der Waals surface area contributed by atoms with Crippen LogP contribution in [0, 0.1) is 6.92 Å². The van der Waals surface area contributed by atoms with Crippen molar-refractivity contribution in [2.45, 2.75) is 38.8 Å². The molecule has 4 aromatic rings. The first kappa shape index (κ1) is 19.2. The number of carbonyl (C=O) groups excluding carboxylic acids is 1. The number of pyridine rings is 1. The second kappa shape index (κ2) is 7.82. The largest absolute Gasteiger partial charge is 0.470 e. The predicted octanol–water partition coefficient (Wildman–Crippen LogP) is 2.69. The fraction of sp³-hybridized carbons (Fsp3) is 0.318. The number of likely N-dealkylation sites (tertiary alicyclic amines) is 1.